The van der Waals surface area contributed by atoms with Crippen molar-refractivity contribution in [2.45, 2.75) is 13.5 Å². The number of ether oxygens (including phenoxy) is 1. The van der Waals surface area contributed by atoms with Crippen molar-refractivity contribution in [1.29, 1.82) is 0 Å². The molecule has 0 unspecified atom stereocenters. The van der Waals surface area contributed by atoms with Crippen molar-refractivity contribution in [3.63, 3.8) is 0 Å². The third kappa shape index (κ3) is 6.25. The molecular formula is C31H23FN2O3S2. The highest BCUT2D eigenvalue weighted by Gasteiger charge is 2.33. The van der Waals surface area contributed by atoms with Crippen LogP contribution in [0.1, 0.15) is 27.0 Å². The fourth-order valence-corrected chi connectivity index (χ4v) is 5.22. The monoisotopic (exact) mass is 554 g/mol. The summed E-state index contributed by atoms with van der Waals surface area (Å²) in [6, 6.07) is 27.8. The van der Waals surface area contributed by atoms with Crippen molar-refractivity contribution in [2.75, 3.05) is 10.2 Å². The molecule has 1 saturated heterocycles. The number of thioether (sulfide) groups is 1. The van der Waals surface area contributed by atoms with Crippen molar-refractivity contribution < 1.29 is 18.7 Å². The second kappa shape index (κ2) is 11.6. The fraction of sp³-hybridized carbons (Fsp3) is 0.0645. The number of thiocarbonyl (C=S) groups is 1. The Hall–Kier alpha value is -4.27. The van der Waals surface area contributed by atoms with Gasteiger partial charge in [-0.2, -0.15) is 0 Å². The van der Waals surface area contributed by atoms with Crippen molar-refractivity contribution in [3.8, 4) is 5.75 Å². The Balaban J connectivity index is 1.33. The quantitative estimate of drug-likeness (QED) is 0.191. The Kier molecular flexibility index (Phi) is 7.86. The van der Waals surface area contributed by atoms with Gasteiger partial charge in [-0.25, -0.2) is 4.39 Å². The number of amides is 2. The smallest absolute Gasteiger partial charge is 0.270 e. The highest BCUT2D eigenvalue weighted by atomic mass is 32.2. The fourth-order valence-electron chi connectivity index (χ4n) is 3.93. The minimum atomic E-state index is -0.391. The van der Waals surface area contributed by atoms with Crippen LogP contribution in [0.4, 0.5) is 15.8 Å². The summed E-state index contributed by atoms with van der Waals surface area (Å²) in [6.45, 7) is 2.44. The number of aryl methyl sites for hydroxylation is 1. The molecule has 194 valence electrons. The molecule has 1 heterocycles. The summed E-state index contributed by atoms with van der Waals surface area (Å²) in [5, 5.41) is 2.73. The Bertz CT molecular complexity index is 1580. The Labute approximate surface area is 235 Å². The number of rotatable bonds is 7. The molecule has 5 nitrogen and oxygen atoms in total. The normalized spacial score (nSPS) is 14.1. The molecule has 0 bridgehead atoms. The molecule has 8 heteroatoms. The number of anilines is 2. The number of halogens is 1. The predicted octanol–water partition coefficient (Wildman–Crippen LogP) is 7.37. The van der Waals surface area contributed by atoms with E-state index >= 15 is 0 Å². The predicted molar refractivity (Wildman–Crippen MR) is 158 cm³/mol. The van der Waals surface area contributed by atoms with Crippen LogP contribution >= 0.6 is 24.0 Å². The van der Waals surface area contributed by atoms with Crippen LogP contribution in [0, 0.1) is 12.7 Å². The lowest BCUT2D eigenvalue weighted by molar-refractivity contribution is -0.113. The number of nitrogens with zero attached hydrogens (tertiary/aromatic N) is 1. The Morgan fingerprint density at radius 1 is 1.00 bits per heavy atom. The van der Waals surface area contributed by atoms with Crippen molar-refractivity contribution >= 4 is 57.6 Å². The van der Waals surface area contributed by atoms with Crippen LogP contribution < -0.4 is 15.0 Å². The first kappa shape index (κ1) is 26.3. The van der Waals surface area contributed by atoms with E-state index in [0.29, 0.717) is 38.5 Å². The van der Waals surface area contributed by atoms with Gasteiger partial charge in [-0.3, -0.25) is 14.5 Å². The van der Waals surface area contributed by atoms with E-state index in [2.05, 4.69) is 5.32 Å². The number of para-hydroxylation sites is 1. The van der Waals surface area contributed by atoms with E-state index < -0.39 is 5.82 Å². The van der Waals surface area contributed by atoms with Crippen molar-refractivity contribution in [3.05, 3.63) is 130 Å². The zero-order valence-electron chi connectivity index (χ0n) is 20.9. The summed E-state index contributed by atoms with van der Waals surface area (Å²) in [4.78, 5) is 28.1. The third-order valence-electron chi connectivity index (χ3n) is 5.98. The maximum absolute atomic E-state index is 13.4. The second-order valence-corrected chi connectivity index (χ2v) is 10.5. The standard InChI is InChI=1S/C31H23FN2O3S2/c1-20-9-11-21(12-10-20)19-37-27-8-3-2-5-22(27)18-28-30(36)34(31(38)39-28)26-7-4-6-23(17-26)29(35)33-25-15-13-24(32)14-16-25/h2-18H,19H2,1H3,(H,33,35)/b28-18+. The molecule has 0 spiro atoms. The van der Waals surface area contributed by atoms with E-state index in [4.69, 9.17) is 17.0 Å². The molecule has 5 rings (SSSR count). The van der Waals surface area contributed by atoms with Crippen LogP contribution in [-0.4, -0.2) is 16.1 Å². The number of benzene rings is 4. The van der Waals surface area contributed by atoms with E-state index in [9.17, 15) is 14.0 Å². The molecule has 0 aliphatic carbocycles. The minimum Gasteiger partial charge on any atom is -0.488 e. The zero-order valence-corrected chi connectivity index (χ0v) is 22.5. The molecule has 2 amide bonds. The lowest BCUT2D eigenvalue weighted by Crippen LogP contribution is -2.27. The number of carbonyl (C=O) groups excluding carboxylic acids is 2. The highest BCUT2D eigenvalue weighted by molar-refractivity contribution is 8.27. The molecular weight excluding hydrogens is 531 g/mol. The highest BCUT2D eigenvalue weighted by Crippen LogP contribution is 2.37. The van der Waals surface area contributed by atoms with Crippen LogP contribution in [-0.2, 0) is 11.4 Å². The maximum Gasteiger partial charge on any atom is 0.270 e. The van der Waals surface area contributed by atoms with Crippen molar-refractivity contribution in [1.82, 2.24) is 0 Å². The van der Waals surface area contributed by atoms with Crippen LogP contribution in [0.15, 0.2) is 102 Å². The van der Waals surface area contributed by atoms with Gasteiger partial charge in [0.2, 0.25) is 0 Å². The van der Waals surface area contributed by atoms with Gasteiger partial charge in [0, 0.05) is 16.8 Å². The second-order valence-electron chi connectivity index (χ2n) is 8.84. The summed E-state index contributed by atoms with van der Waals surface area (Å²) >= 11 is 6.73. The molecule has 0 aromatic heterocycles. The summed E-state index contributed by atoms with van der Waals surface area (Å²) in [6.07, 6.45) is 1.77. The summed E-state index contributed by atoms with van der Waals surface area (Å²) in [7, 11) is 0. The van der Waals surface area contributed by atoms with E-state index in [1.807, 2.05) is 55.5 Å². The van der Waals surface area contributed by atoms with Gasteiger partial charge in [-0.05, 0) is 67.1 Å². The molecule has 1 N–H and O–H groups in total. The third-order valence-corrected chi connectivity index (χ3v) is 7.29. The number of hydrogen-bond acceptors (Lipinski definition) is 5. The molecule has 0 radical (unpaired) electrons. The minimum absolute atomic E-state index is 0.283. The van der Waals surface area contributed by atoms with E-state index in [-0.39, 0.29) is 11.8 Å². The molecule has 1 aliphatic heterocycles. The average Bonchev–Trinajstić information content (AvgIpc) is 3.22. The molecule has 4 aromatic carbocycles. The molecule has 0 atom stereocenters. The van der Waals surface area contributed by atoms with Gasteiger partial charge in [-0.1, -0.05) is 78.1 Å². The van der Waals surface area contributed by atoms with Gasteiger partial charge in [0.15, 0.2) is 4.32 Å². The van der Waals surface area contributed by atoms with E-state index in [1.165, 1.54) is 46.5 Å². The van der Waals surface area contributed by atoms with Gasteiger partial charge in [0.25, 0.3) is 11.8 Å². The first-order valence-corrected chi connectivity index (χ1v) is 13.3. The van der Waals surface area contributed by atoms with Gasteiger partial charge in [-0.15, -0.1) is 0 Å². The largest absolute Gasteiger partial charge is 0.488 e. The van der Waals surface area contributed by atoms with E-state index in [1.54, 1.807) is 30.3 Å². The first-order chi connectivity index (χ1) is 18.9. The molecule has 1 aliphatic rings. The molecule has 1 fully saturated rings. The Morgan fingerprint density at radius 2 is 1.74 bits per heavy atom. The summed E-state index contributed by atoms with van der Waals surface area (Å²) in [5.41, 5.74) is 4.27. The SMILES string of the molecule is Cc1ccc(COc2ccccc2/C=C2/SC(=S)N(c3cccc(C(=O)Nc4ccc(F)cc4)c3)C2=O)cc1. The lowest BCUT2D eigenvalue weighted by Gasteiger charge is -2.15. The lowest BCUT2D eigenvalue weighted by atomic mass is 10.1. The summed E-state index contributed by atoms with van der Waals surface area (Å²) < 4.78 is 19.6. The van der Waals surface area contributed by atoms with Crippen LogP contribution in [0.5, 0.6) is 5.75 Å². The van der Waals surface area contributed by atoms with Crippen LogP contribution in [0.3, 0.4) is 0 Å². The van der Waals surface area contributed by atoms with Gasteiger partial charge in [0.05, 0.1) is 10.6 Å². The number of hydrogen-bond donors (Lipinski definition) is 1. The van der Waals surface area contributed by atoms with Gasteiger partial charge < -0.3 is 10.1 Å². The van der Waals surface area contributed by atoms with Crippen LogP contribution in [0.2, 0.25) is 0 Å². The topological polar surface area (TPSA) is 58.6 Å². The Morgan fingerprint density at radius 3 is 2.51 bits per heavy atom. The molecule has 4 aromatic rings. The number of nitrogens with one attached hydrogen (secondary N) is 1. The average molecular weight is 555 g/mol. The van der Waals surface area contributed by atoms with Gasteiger partial charge >= 0.3 is 0 Å². The molecule has 0 saturated carbocycles. The number of carbonyl (C=O) groups is 2. The van der Waals surface area contributed by atoms with Crippen LogP contribution in [0.25, 0.3) is 6.08 Å². The molecule has 39 heavy (non-hydrogen) atoms. The zero-order chi connectivity index (χ0) is 27.4. The van der Waals surface area contributed by atoms with E-state index in [0.717, 1.165) is 11.1 Å². The van der Waals surface area contributed by atoms with Crippen molar-refractivity contribution in [2.24, 2.45) is 0 Å². The maximum atomic E-state index is 13.4. The summed E-state index contributed by atoms with van der Waals surface area (Å²) in [5.74, 6) is -0.404. The van der Waals surface area contributed by atoms with Gasteiger partial charge in [0.1, 0.15) is 18.2 Å². The first-order valence-electron chi connectivity index (χ1n) is 12.1.